The first-order chi connectivity index (χ1) is 9.70. The van der Waals surface area contributed by atoms with E-state index in [4.69, 9.17) is 0 Å². The normalized spacial score (nSPS) is 31.1. The summed E-state index contributed by atoms with van der Waals surface area (Å²) in [6.45, 7) is 8.68. The monoisotopic (exact) mass is 278 g/mol. The molecule has 116 valence electrons. The molecule has 3 rings (SSSR count). The number of piperazine rings is 1. The average Bonchev–Trinajstić information content (AvgIpc) is 3.26. The molecule has 2 aliphatic carbocycles. The minimum atomic E-state index is 0.528. The minimum absolute atomic E-state index is 0.528. The highest BCUT2D eigenvalue weighted by molar-refractivity contribution is 5.03. The molecule has 1 heterocycles. The first-order valence-corrected chi connectivity index (χ1v) is 9.18. The summed E-state index contributed by atoms with van der Waals surface area (Å²) in [5, 5.41) is 3.93. The Morgan fingerprint density at radius 2 is 1.90 bits per heavy atom. The van der Waals surface area contributed by atoms with Gasteiger partial charge in [0.1, 0.15) is 0 Å². The third kappa shape index (κ3) is 3.39. The third-order valence-electron chi connectivity index (χ3n) is 5.97. The largest absolute Gasteiger partial charge is 0.311 e. The third-order valence-corrected chi connectivity index (χ3v) is 5.97. The molecule has 20 heavy (non-hydrogen) atoms. The lowest BCUT2D eigenvalue weighted by atomic mass is 9.78. The molecule has 0 aromatic heterocycles. The van der Waals surface area contributed by atoms with E-state index in [9.17, 15) is 0 Å². The van der Waals surface area contributed by atoms with Crippen molar-refractivity contribution in [2.24, 2.45) is 11.8 Å². The lowest BCUT2D eigenvalue weighted by molar-refractivity contribution is 0.00461. The van der Waals surface area contributed by atoms with Crippen molar-refractivity contribution in [2.75, 3.05) is 19.6 Å². The van der Waals surface area contributed by atoms with Gasteiger partial charge in [0.15, 0.2) is 0 Å². The van der Waals surface area contributed by atoms with Gasteiger partial charge in [-0.25, -0.2) is 0 Å². The van der Waals surface area contributed by atoms with Gasteiger partial charge in [0.2, 0.25) is 0 Å². The van der Waals surface area contributed by atoms with Crippen molar-refractivity contribution < 1.29 is 0 Å². The van der Waals surface area contributed by atoms with Crippen LogP contribution in [-0.4, -0.2) is 36.1 Å². The molecule has 1 unspecified atom stereocenters. The first kappa shape index (κ1) is 14.8. The highest BCUT2D eigenvalue weighted by Gasteiger charge is 2.45. The Bertz CT molecular complexity index is 303. The van der Waals surface area contributed by atoms with Crippen LogP contribution in [0, 0.1) is 11.8 Å². The maximum Gasteiger partial charge on any atom is 0.0334 e. The van der Waals surface area contributed by atoms with Crippen LogP contribution in [0.2, 0.25) is 0 Å². The molecular weight excluding hydrogens is 244 g/mol. The van der Waals surface area contributed by atoms with E-state index < -0.39 is 0 Å². The maximum atomic E-state index is 3.93. The molecule has 1 atom stereocenters. The van der Waals surface area contributed by atoms with E-state index in [-0.39, 0.29) is 0 Å². The summed E-state index contributed by atoms with van der Waals surface area (Å²) in [5.74, 6) is 1.86. The molecule has 3 aliphatic rings. The molecule has 0 aromatic rings. The van der Waals surface area contributed by atoms with Gasteiger partial charge in [-0.1, -0.05) is 33.1 Å². The van der Waals surface area contributed by atoms with Crippen molar-refractivity contribution in [1.82, 2.24) is 10.2 Å². The number of hydrogen-bond donors (Lipinski definition) is 1. The molecule has 2 heteroatoms. The van der Waals surface area contributed by atoms with Crippen LogP contribution >= 0.6 is 0 Å². The van der Waals surface area contributed by atoms with Crippen LogP contribution in [0.3, 0.4) is 0 Å². The van der Waals surface area contributed by atoms with Gasteiger partial charge in [-0.05, 0) is 56.9 Å². The summed E-state index contributed by atoms with van der Waals surface area (Å²) in [5.41, 5.74) is 0.528. The number of hydrogen-bond acceptors (Lipinski definition) is 2. The zero-order valence-corrected chi connectivity index (χ0v) is 13.7. The van der Waals surface area contributed by atoms with Crippen molar-refractivity contribution in [3.8, 4) is 0 Å². The standard InChI is InChI=1S/C18H34N2/c1-15(2)7-6-12-20-13-17(16-8-9-16)19-14-18(20)10-4-3-5-11-18/h15-17,19H,3-14H2,1-2H3. The number of nitrogens with zero attached hydrogens (tertiary/aromatic N) is 1. The molecule has 0 aromatic carbocycles. The molecule has 0 radical (unpaired) electrons. The lowest BCUT2D eigenvalue weighted by Crippen LogP contribution is -2.65. The smallest absolute Gasteiger partial charge is 0.0334 e. The minimum Gasteiger partial charge on any atom is -0.311 e. The van der Waals surface area contributed by atoms with Crippen molar-refractivity contribution in [1.29, 1.82) is 0 Å². The van der Waals surface area contributed by atoms with Crippen LogP contribution in [-0.2, 0) is 0 Å². The fourth-order valence-electron chi connectivity index (χ4n) is 4.46. The summed E-state index contributed by atoms with van der Waals surface area (Å²) in [7, 11) is 0. The summed E-state index contributed by atoms with van der Waals surface area (Å²) >= 11 is 0. The van der Waals surface area contributed by atoms with Crippen LogP contribution in [0.4, 0.5) is 0 Å². The van der Waals surface area contributed by atoms with Crippen LogP contribution in [0.1, 0.15) is 71.6 Å². The number of rotatable bonds is 5. The lowest BCUT2D eigenvalue weighted by Gasteiger charge is -2.52. The molecule has 2 nitrogen and oxygen atoms in total. The Kier molecular flexibility index (Phi) is 4.72. The van der Waals surface area contributed by atoms with Crippen LogP contribution in [0.15, 0.2) is 0 Å². The molecule has 1 spiro atoms. The fourth-order valence-corrected chi connectivity index (χ4v) is 4.46. The van der Waals surface area contributed by atoms with E-state index in [0.29, 0.717) is 5.54 Å². The average molecular weight is 278 g/mol. The van der Waals surface area contributed by atoms with E-state index in [2.05, 4.69) is 24.1 Å². The summed E-state index contributed by atoms with van der Waals surface area (Å²) in [6.07, 6.45) is 13.0. The van der Waals surface area contributed by atoms with Gasteiger partial charge in [0.05, 0.1) is 0 Å². The van der Waals surface area contributed by atoms with Crippen LogP contribution in [0.5, 0.6) is 0 Å². The van der Waals surface area contributed by atoms with E-state index in [0.717, 1.165) is 17.9 Å². The Hall–Kier alpha value is -0.0800. The first-order valence-electron chi connectivity index (χ1n) is 9.18. The molecule has 0 bridgehead atoms. The van der Waals surface area contributed by atoms with E-state index in [1.54, 1.807) is 0 Å². The Morgan fingerprint density at radius 1 is 1.15 bits per heavy atom. The van der Waals surface area contributed by atoms with E-state index in [1.165, 1.54) is 77.4 Å². The molecule has 1 N–H and O–H groups in total. The van der Waals surface area contributed by atoms with Gasteiger partial charge < -0.3 is 5.32 Å². The van der Waals surface area contributed by atoms with Gasteiger partial charge in [-0.15, -0.1) is 0 Å². The second-order valence-corrected chi connectivity index (χ2v) is 8.09. The zero-order chi connectivity index (χ0) is 14.0. The molecule has 1 aliphatic heterocycles. The topological polar surface area (TPSA) is 15.3 Å². The highest BCUT2D eigenvalue weighted by atomic mass is 15.3. The van der Waals surface area contributed by atoms with Gasteiger partial charge >= 0.3 is 0 Å². The zero-order valence-electron chi connectivity index (χ0n) is 13.7. The van der Waals surface area contributed by atoms with Gasteiger partial charge in [-0.2, -0.15) is 0 Å². The second kappa shape index (κ2) is 6.36. The van der Waals surface area contributed by atoms with Crippen LogP contribution < -0.4 is 5.32 Å². The van der Waals surface area contributed by atoms with Crippen molar-refractivity contribution in [3.05, 3.63) is 0 Å². The molecular formula is C18H34N2. The summed E-state index contributed by atoms with van der Waals surface area (Å²) in [4.78, 5) is 2.92. The summed E-state index contributed by atoms with van der Waals surface area (Å²) < 4.78 is 0. The quantitative estimate of drug-likeness (QED) is 0.822. The molecule has 3 fully saturated rings. The molecule has 2 saturated carbocycles. The van der Waals surface area contributed by atoms with Crippen molar-refractivity contribution in [2.45, 2.75) is 83.2 Å². The Morgan fingerprint density at radius 3 is 2.55 bits per heavy atom. The molecule has 0 amide bonds. The van der Waals surface area contributed by atoms with Crippen molar-refractivity contribution in [3.63, 3.8) is 0 Å². The fraction of sp³-hybridized carbons (Fsp3) is 1.00. The highest BCUT2D eigenvalue weighted by Crippen LogP contribution is 2.40. The Labute approximate surface area is 125 Å². The van der Waals surface area contributed by atoms with Crippen LogP contribution in [0.25, 0.3) is 0 Å². The predicted molar refractivity (Wildman–Crippen MR) is 86.0 cm³/mol. The van der Waals surface area contributed by atoms with Gasteiger partial charge in [0.25, 0.3) is 0 Å². The Balaban J connectivity index is 1.61. The molecule has 1 saturated heterocycles. The van der Waals surface area contributed by atoms with E-state index >= 15 is 0 Å². The van der Waals surface area contributed by atoms with E-state index in [1.807, 2.05) is 0 Å². The van der Waals surface area contributed by atoms with Crippen molar-refractivity contribution >= 4 is 0 Å². The van der Waals surface area contributed by atoms with Gasteiger partial charge in [0, 0.05) is 24.7 Å². The maximum absolute atomic E-state index is 3.93. The number of nitrogens with one attached hydrogen (secondary N) is 1. The second-order valence-electron chi connectivity index (χ2n) is 8.09. The van der Waals surface area contributed by atoms with Gasteiger partial charge in [-0.3, -0.25) is 4.90 Å². The SMILES string of the molecule is CC(C)CCCN1CC(C2CC2)NCC12CCCCC2. The predicted octanol–water partition coefficient (Wildman–Crippen LogP) is 3.81. The summed E-state index contributed by atoms with van der Waals surface area (Å²) in [6, 6.07) is 0.807.